The van der Waals surface area contributed by atoms with Crippen molar-refractivity contribution in [2.75, 3.05) is 5.32 Å². The van der Waals surface area contributed by atoms with Gasteiger partial charge in [0.1, 0.15) is 0 Å². The summed E-state index contributed by atoms with van der Waals surface area (Å²) in [4.78, 5) is 28.6. The standard InChI is InChI=1S/C20H22N4O3/c1-4-13(3)24-19-16(11-21-24)15(9-12(2)22-19)20(27)23-17-8-6-5-7-14(17)10-18(25)26/h5-9,11,13H,4,10H2,1-3H3,(H,23,27)(H,25,26). The first-order valence-corrected chi connectivity index (χ1v) is 8.86. The summed E-state index contributed by atoms with van der Waals surface area (Å²) in [5.74, 6) is -1.26. The number of nitrogens with zero attached hydrogens (tertiary/aromatic N) is 3. The van der Waals surface area contributed by atoms with Gasteiger partial charge in [-0.2, -0.15) is 5.10 Å². The number of aryl methyl sites for hydroxylation is 1. The van der Waals surface area contributed by atoms with Crippen LogP contribution in [0.3, 0.4) is 0 Å². The summed E-state index contributed by atoms with van der Waals surface area (Å²) in [7, 11) is 0. The zero-order valence-electron chi connectivity index (χ0n) is 15.6. The Hall–Kier alpha value is -3.22. The summed E-state index contributed by atoms with van der Waals surface area (Å²) in [6.07, 6.45) is 2.40. The van der Waals surface area contributed by atoms with Crippen LogP contribution in [0.4, 0.5) is 5.69 Å². The van der Waals surface area contributed by atoms with Crippen LogP contribution in [-0.2, 0) is 11.2 Å². The molecule has 7 heteroatoms. The Bertz CT molecular complexity index is 1010. The van der Waals surface area contributed by atoms with Crippen LogP contribution in [0.1, 0.15) is 47.9 Å². The first-order chi connectivity index (χ1) is 12.9. The molecule has 0 spiro atoms. The van der Waals surface area contributed by atoms with Crippen molar-refractivity contribution in [2.45, 2.75) is 39.7 Å². The van der Waals surface area contributed by atoms with E-state index in [-0.39, 0.29) is 18.4 Å². The smallest absolute Gasteiger partial charge is 0.307 e. The molecule has 1 atom stereocenters. The number of carbonyl (C=O) groups is 2. The third kappa shape index (κ3) is 3.81. The van der Waals surface area contributed by atoms with Gasteiger partial charge < -0.3 is 10.4 Å². The number of nitrogens with one attached hydrogen (secondary N) is 1. The number of aliphatic carboxylic acids is 1. The lowest BCUT2D eigenvalue weighted by Crippen LogP contribution is -2.15. The quantitative estimate of drug-likeness (QED) is 0.695. The molecule has 3 aromatic rings. The van der Waals surface area contributed by atoms with E-state index in [0.29, 0.717) is 27.8 Å². The van der Waals surface area contributed by atoms with Gasteiger partial charge in [0.05, 0.1) is 29.6 Å². The highest BCUT2D eigenvalue weighted by Crippen LogP contribution is 2.24. The summed E-state index contributed by atoms with van der Waals surface area (Å²) in [5, 5.41) is 17.0. The van der Waals surface area contributed by atoms with Gasteiger partial charge in [-0.3, -0.25) is 9.59 Å². The third-order valence-corrected chi connectivity index (χ3v) is 4.55. The zero-order valence-corrected chi connectivity index (χ0v) is 15.6. The molecule has 0 aliphatic carbocycles. The van der Waals surface area contributed by atoms with Crippen molar-refractivity contribution in [3.8, 4) is 0 Å². The van der Waals surface area contributed by atoms with Crippen LogP contribution in [0.15, 0.2) is 36.5 Å². The maximum absolute atomic E-state index is 12.9. The van der Waals surface area contributed by atoms with Gasteiger partial charge in [-0.25, -0.2) is 9.67 Å². The van der Waals surface area contributed by atoms with E-state index in [2.05, 4.69) is 29.2 Å². The van der Waals surface area contributed by atoms with Crippen LogP contribution in [-0.4, -0.2) is 31.7 Å². The Morgan fingerprint density at radius 2 is 2.04 bits per heavy atom. The van der Waals surface area contributed by atoms with Gasteiger partial charge in [-0.15, -0.1) is 0 Å². The molecule has 2 aromatic heterocycles. The molecule has 140 valence electrons. The van der Waals surface area contributed by atoms with Gasteiger partial charge in [0.15, 0.2) is 5.65 Å². The lowest BCUT2D eigenvalue weighted by Gasteiger charge is -2.12. The van der Waals surface area contributed by atoms with E-state index in [1.54, 1.807) is 36.5 Å². The maximum Gasteiger partial charge on any atom is 0.307 e. The van der Waals surface area contributed by atoms with Crippen LogP contribution in [0, 0.1) is 6.92 Å². The Balaban J connectivity index is 2.00. The second-order valence-corrected chi connectivity index (χ2v) is 6.58. The molecule has 1 amide bonds. The van der Waals surface area contributed by atoms with Crippen molar-refractivity contribution in [3.63, 3.8) is 0 Å². The van der Waals surface area contributed by atoms with Crippen molar-refractivity contribution in [3.05, 3.63) is 53.3 Å². The number of anilines is 1. The summed E-state index contributed by atoms with van der Waals surface area (Å²) in [6.45, 7) is 5.96. The molecule has 0 saturated heterocycles. The molecule has 1 aromatic carbocycles. The summed E-state index contributed by atoms with van der Waals surface area (Å²) in [5.41, 5.74) is 2.90. The van der Waals surface area contributed by atoms with Crippen molar-refractivity contribution in [1.29, 1.82) is 0 Å². The fourth-order valence-electron chi connectivity index (χ4n) is 2.98. The van der Waals surface area contributed by atoms with E-state index in [1.165, 1.54) is 0 Å². The second kappa shape index (κ2) is 7.57. The summed E-state index contributed by atoms with van der Waals surface area (Å²) >= 11 is 0. The third-order valence-electron chi connectivity index (χ3n) is 4.55. The molecule has 2 heterocycles. The van der Waals surface area contributed by atoms with Gasteiger partial charge in [0.2, 0.25) is 0 Å². The molecular weight excluding hydrogens is 344 g/mol. The van der Waals surface area contributed by atoms with E-state index in [4.69, 9.17) is 5.11 Å². The van der Waals surface area contributed by atoms with Crippen LogP contribution in [0.2, 0.25) is 0 Å². The molecule has 0 saturated carbocycles. The minimum Gasteiger partial charge on any atom is -0.481 e. The normalized spacial score (nSPS) is 12.1. The number of para-hydroxylation sites is 1. The van der Waals surface area contributed by atoms with E-state index in [1.807, 2.05) is 11.6 Å². The number of amides is 1. The van der Waals surface area contributed by atoms with Gasteiger partial charge >= 0.3 is 5.97 Å². The number of carbonyl (C=O) groups excluding carboxylic acids is 1. The first kappa shape index (κ1) is 18.6. The Labute approximate surface area is 157 Å². The number of pyridine rings is 1. The number of fused-ring (bicyclic) bond motifs is 1. The molecule has 3 rings (SSSR count). The number of hydrogen-bond donors (Lipinski definition) is 2. The fraction of sp³-hybridized carbons (Fsp3) is 0.300. The van der Waals surface area contributed by atoms with E-state index < -0.39 is 5.97 Å². The van der Waals surface area contributed by atoms with Crippen molar-refractivity contribution in [1.82, 2.24) is 14.8 Å². The highest BCUT2D eigenvalue weighted by molar-refractivity contribution is 6.12. The minimum atomic E-state index is -0.950. The average molecular weight is 366 g/mol. The number of aromatic nitrogens is 3. The SMILES string of the molecule is CCC(C)n1ncc2c(C(=O)Nc3ccccc3CC(=O)O)cc(C)nc21. The van der Waals surface area contributed by atoms with Gasteiger partial charge in [0, 0.05) is 11.4 Å². The van der Waals surface area contributed by atoms with Crippen LogP contribution in [0.5, 0.6) is 0 Å². The molecule has 0 bridgehead atoms. The van der Waals surface area contributed by atoms with Gasteiger partial charge in [-0.1, -0.05) is 25.1 Å². The van der Waals surface area contributed by atoms with Crippen molar-refractivity contribution < 1.29 is 14.7 Å². The molecule has 0 aliphatic heterocycles. The molecule has 0 fully saturated rings. The van der Waals surface area contributed by atoms with E-state index in [0.717, 1.165) is 12.1 Å². The molecule has 27 heavy (non-hydrogen) atoms. The van der Waals surface area contributed by atoms with Crippen molar-refractivity contribution in [2.24, 2.45) is 0 Å². The molecule has 7 nitrogen and oxygen atoms in total. The van der Waals surface area contributed by atoms with Crippen LogP contribution < -0.4 is 5.32 Å². The average Bonchev–Trinajstić information content (AvgIpc) is 3.05. The van der Waals surface area contributed by atoms with Crippen LogP contribution in [0.25, 0.3) is 11.0 Å². The van der Waals surface area contributed by atoms with E-state index >= 15 is 0 Å². The Morgan fingerprint density at radius 1 is 1.30 bits per heavy atom. The number of carboxylic acid groups (broad SMARTS) is 1. The fourth-order valence-corrected chi connectivity index (χ4v) is 2.98. The number of carboxylic acids is 1. The largest absolute Gasteiger partial charge is 0.481 e. The summed E-state index contributed by atoms with van der Waals surface area (Å²) in [6, 6.07) is 8.79. The van der Waals surface area contributed by atoms with Gasteiger partial charge in [-0.05, 0) is 38.0 Å². The highest BCUT2D eigenvalue weighted by atomic mass is 16.4. The molecular formula is C20H22N4O3. The lowest BCUT2D eigenvalue weighted by molar-refractivity contribution is -0.136. The minimum absolute atomic E-state index is 0.160. The molecule has 1 unspecified atom stereocenters. The molecule has 0 radical (unpaired) electrons. The predicted octanol–water partition coefficient (Wildman–Crippen LogP) is 3.59. The second-order valence-electron chi connectivity index (χ2n) is 6.58. The van der Waals surface area contributed by atoms with Crippen LogP contribution >= 0.6 is 0 Å². The molecule has 2 N–H and O–H groups in total. The van der Waals surface area contributed by atoms with Crippen molar-refractivity contribution >= 4 is 28.6 Å². The Morgan fingerprint density at radius 3 is 2.74 bits per heavy atom. The van der Waals surface area contributed by atoms with E-state index in [9.17, 15) is 9.59 Å². The number of benzene rings is 1. The lowest BCUT2D eigenvalue weighted by atomic mass is 10.1. The Kier molecular flexibility index (Phi) is 5.21. The highest BCUT2D eigenvalue weighted by Gasteiger charge is 2.18. The number of hydrogen-bond acceptors (Lipinski definition) is 4. The molecule has 0 aliphatic rings. The maximum atomic E-state index is 12.9. The monoisotopic (exact) mass is 366 g/mol. The summed E-state index contributed by atoms with van der Waals surface area (Å²) < 4.78 is 1.83. The number of rotatable bonds is 6. The predicted molar refractivity (Wildman–Crippen MR) is 103 cm³/mol. The topological polar surface area (TPSA) is 97.1 Å². The first-order valence-electron chi connectivity index (χ1n) is 8.86. The zero-order chi connectivity index (χ0) is 19.6. The van der Waals surface area contributed by atoms with Gasteiger partial charge in [0.25, 0.3) is 5.91 Å².